The van der Waals surface area contributed by atoms with Crippen LogP contribution in [0.4, 0.5) is 5.88 Å². The minimum absolute atomic E-state index is 0.182. The van der Waals surface area contributed by atoms with Crippen LogP contribution in [0.5, 0.6) is 0 Å². The molecule has 0 unspecified atom stereocenters. The Bertz CT molecular complexity index is 409. The Morgan fingerprint density at radius 2 is 2.05 bits per heavy atom. The Kier molecular flexibility index (Phi) is 4.96. The molecular formula is C14H22N2O3. The lowest BCUT2D eigenvalue weighted by molar-refractivity contribution is -0.402. The van der Waals surface area contributed by atoms with Crippen molar-refractivity contribution >= 4 is 5.88 Å². The van der Waals surface area contributed by atoms with Gasteiger partial charge in [0, 0.05) is 6.04 Å². The summed E-state index contributed by atoms with van der Waals surface area (Å²) in [5, 5.41) is 14.0. The molecule has 0 radical (unpaired) electrons. The molecule has 0 saturated heterocycles. The first-order chi connectivity index (χ1) is 9.16. The van der Waals surface area contributed by atoms with Crippen LogP contribution in [-0.4, -0.2) is 11.0 Å². The fourth-order valence-electron chi connectivity index (χ4n) is 2.80. The smallest absolute Gasteiger partial charge is 0.404 e. The third-order valence-electron chi connectivity index (χ3n) is 4.03. The van der Waals surface area contributed by atoms with Crippen LogP contribution in [0.1, 0.15) is 51.2 Å². The topological polar surface area (TPSA) is 68.3 Å². The molecule has 1 aromatic heterocycles. The Balaban J connectivity index is 1.81. The summed E-state index contributed by atoms with van der Waals surface area (Å²) in [5.74, 6) is 1.17. The van der Waals surface area contributed by atoms with Gasteiger partial charge < -0.3 is 9.73 Å². The summed E-state index contributed by atoms with van der Waals surface area (Å²) in [5.41, 5.74) is 0. The Hall–Kier alpha value is -1.36. The maximum absolute atomic E-state index is 10.5. The predicted molar refractivity (Wildman–Crippen MR) is 72.9 cm³/mol. The average molecular weight is 266 g/mol. The maximum Gasteiger partial charge on any atom is 0.433 e. The highest BCUT2D eigenvalue weighted by molar-refractivity contribution is 5.17. The number of nitrogens with one attached hydrogen (secondary N) is 1. The van der Waals surface area contributed by atoms with Crippen LogP contribution in [0, 0.1) is 16.0 Å². The standard InChI is InChI=1S/C14H22N2O3/c1-11(12-6-4-2-3-5-7-12)15-10-13-8-9-14(19-13)16(17)18/h8-9,11-12,15H,2-7,10H2,1H3/t11-/m0/s1. The van der Waals surface area contributed by atoms with E-state index in [1.807, 2.05) is 0 Å². The molecule has 0 spiro atoms. The van der Waals surface area contributed by atoms with Gasteiger partial charge in [-0.1, -0.05) is 25.7 Å². The highest BCUT2D eigenvalue weighted by Gasteiger charge is 2.19. The van der Waals surface area contributed by atoms with Crippen molar-refractivity contribution in [2.45, 2.75) is 58.0 Å². The number of hydrogen-bond donors (Lipinski definition) is 1. The van der Waals surface area contributed by atoms with Crippen LogP contribution in [-0.2, 0) is 6.54 Å². The lowest BCUT2D eigenvalue weighted by atomic mass is 9.93. The van der Waals surface area contributed by atoms with Gasteiger partial charge in [-0.05, 0) is 31.7 Å². The van der Waals surface area contributed by atoms with Crippen molar-refractivity contribution in [3.05, 3.63) is 28.0 Å². The molecule has 0 aromatic carbocycles. The zero-order chi connectivity index (χ0) is 13.7. The molecule has 0 amide bonds. The third kappa shape index (κ3) is 4.06. The molecule has 1 fully saturated rings. The van der Waals surface area contributed by atoms with E-state index < -0.39 is 4.92 Å². The first-order valence-corrected chi connectivity index (χ1v) is 7.13. The normalized spacial score (nSPS) is 19.0. The van der Waals surface area contributed by atoms with Crippen molar-refractivity contribution in [3.63, 3.8) is 0 Å². The highest BCUT2D eigenvalue weighted by Crippen LogP contribution is 2.25. The molecule has 5 nitrogen and oxygen atoms in total. The average Bonchev–Trinajstić information content (AvgIpc) is 2.70. The molecule has 1 aromatic rings. The van der Waals surface area contributed by atoms with E-state index in [-0.39, 0.29) is 5.88 Å². The molecular weight excluding hydrogens is 244 g/mol. The van der Waals surface area contributed by atoms with Gasteiger partial charge in [0.05, 0.1) is 12.6 Å². The van der Waals surface area contributed by atoms with Gasteiger partial charge in [0.25, 0.3) is 0 Å². The van der Waals surface area contributed by atoms with Crippen molar-refractivity contribution < 1.29 is 9.34 Å². The van der Waals surface area contributed by atoms with E-state index in [4.69, 9.17) is 4.42 Å². The van der Waals surface area contributed by atoms with E-state index in [2.05, 4.69) is 12.2 Å². The molecule has 1 aliphatic carbocycles. The number of furan rings is 1. The van der Waals surface area contributed by atoms with Gasteiger partial charge in [-0.25, -0.2) is 0 Å². The minimum Gasteiger partial charge on any atom is -0.404 e. The van der Waals surface area contributed by atoms with Crippen LogP contribution >= 0.6 is 0 Å². The molecule has 1 N–H and O–H groups in total. The highest BCUT2D eigenvalue weighted by atomic mass is 16.6. The molecule has 1 aliphatic rings. The van der Waals surface area contributed by atoms with Gasteiger partial charge in [0.1, 0.15) is 10.7 Å². The summed E-state index contributed by atoms with van der Waals surface area (Å²) in [6.07, 6.45) is 7.92. The number of nitro groups is 1. The molecule has 5 heteroatoms. The van der Waals surface area contributed by atoms with Crippen LogP contribution in [0.25, 0.3) is 0 Å². The summed E-state index contributed by atoms with van der Waals surface area (Å²) in [6.45, 7) is 2.76. The van der Waals surface area contributed by atoms with E-state index in [0.717, 1.165) is 0 Å². The van der Waals surface area contributed by atoms with E-state index in [9.17, 15) is 10.1 Å². The van der Waals surface area contributed by atoms with E-state index >= 15 is 0 Å². The molecule has 1 atom stereocenters. The van der Waals surface area contributed by atoms with Crippen molar-refractivity contribution in [1.29, 1.82) is 0 Å². The monoisotopic (exact) mass is 266 g/mol. The molecule has 19 heavy (non-hydrogen) atoms. The zero-order valence-corrected chi connectivity index (χ0v) is 11.4. The first kappa shape index (κ1) is 14.1. The summed E-state index contributed by atoms with van der Waals surface area (Å²) in [7, 11) is 0. The van der Waals surface area contributed by atoms with Gasteiger partial charge in [-0.3, -0.25) is 10.1 Å². The minimum atomic E-state index is -0.502. The van der Waals surface area contributed by atoms with Gasteiger partial charge >= 0.3 is 5.88 Å². The Labute approximate surface area is 113 Å². The second-order valence-corrected chi connectivity index (χ2v) is 5.42. The zero-order valence-electron chi connectivity index (χ0n) is 11.4. The van der Waals surface area contributed by atoms with Crippen molar-refractivity contribution in [3.8, 4) is 0 Å². The maximum atomic E-state index is 10.5. The predicted octanol–water partition coefficient (Wildman–Crippen LogP) is 3.64. The molecule has 1 heterocycles. The summed E-state index contributed by atoms with van der Waals surface area (Å²) in [4.78, 5) is 10.0. The van der Waals surface area contributed by atoms with E-state index in [1.54, 1.807) is 6.07 Å². The number of hydrogen-bond acceptors (Lipinski definition) is 4. The fourth-order valence-corrected chi connectivity index (χ4v) is 2.80. The van der Waals surface area contributed by atoms with Crippen molar-refractivity contribution in [2.24, 2.45) is 5.92 Å². The SMILES string of the molecule is C[C@H](NCc1ccc([N+](=O)[O-])o1)C1CCCCCC1. The fraction of sp³-hybridized carbons (Fsp3) is 0.714. The lowest BCUT2D eigenvalue weighted by Gasteiger charge is -2.23. The Morgan fingerprint density at radius 1 is 1.37 bits per heavy atom. The van der Waals surface area contributed by atoms with E-state index in [1.165, 1.54) is 44.6 Å². The molecule has 0 bridgehead atoms. The second kappa shape index (κ2) is 6.70. The van der Waals surface area contributed by atoms with Gasteiger partial charge in [-0.15, -0.1) is 0 Å². The van der Waals surface area contributed by atoms with Crippen LogP contribution in [0.2, 0.25) is 0 Å². The second-order valence-electron chi connectivity index (χ2n) is 5.42. The molecule has 1 saturated carbocycles. The van der Waals surface area contributed by atoms with Crippen LogP contribution in [0.15, 0.2) is 16.5 Å². The van der Waals surface area contributed by atoms with Crippen LogP contribution in [0.3, 0.4) is 0 Å². The summed E-state index contributed by atoms with van der Waals surface area (Å²) < 4.78 is 5.15. The van der Waals surface area contributed by atoms with Gasteiger partial charge in [-0.2, -0.15) is 0 Å². The molecule has 0 aliphatic heterocycles. The van der Waals surface area contributed by atoms with Gasteiger partial charge in [0.15, 0.2) is 0 Å². The quantitative estimate of drug-likeness (QED) is 0.502. The van der Waals surface area contributed by atoms with Crippen LogP contribution < -0.4 is 5.32 Å². The summed E-state index contributed by atoms with van der Waals surface area (Å²) >= 11 is 0. The largest absolute Gasteiger partial charge is 0.433 e. The molecule has 106 valence electrons. The van der Waals surface area contributed by atoms with E-state index in [0.29, 0.717) is 24.3 Å². The number of rotatable bonds is 5. The lowest BCUT2D eigenvalue weighted by Crippen LogP contribution is -2.32. The first-order valence-electron chi connectivity index (χ1n) is 7.13. The Morgan fingerprint density at radius 3 is 2.63 bits per heavy atom. The molecule has 2 rings (SSSR count). The summed E-state index contributed by atoms with van der Waals surface area (Å²) in [6, 6.07) is 3.51. The van der Waals surface area contributed by atoms with Crippen molar-refractivity contribution in [1.82, 2.24) is 5.32 Å². The number of nitrogens with zero attached hydrogens (tertiary/aromatic N) is 1. The van der Waals surface area contributed by atoms with Gasteiger partial charge in [0.2, 0.25) is 0 Å². The third-order valence-corrected chi connectivity index (χ3v) is 4.03. The van der Waals surface area contributed by atoms with Crippen molar-refractivity contribution in [2.75, 3.05) is 0 Å².